The van der Waals surface area contributed by atoms with Crippen LogP contribution in [-0.4, -0.2) is 41.6 Å². The van der Waals surface area contributed by atoms with Crippen LogP contribution in [0.25, 0.3) is 0 Å². The van der Waals surface area contributed by atoms with Gasteiger partial charge in [0.25, 0.3) is 0 Å². The number of methoxy groups -OCH3 is 1. The number of sulfonamides is 1. The topological polar surface area (TPSA) is 84.5 Å². The molecule has 0 spiro atoms. The number of nitrogens with one attached hydrogen (secondary N) is 2. The number of aryl methyl sites for hydroxylation is 1. The number of carbonyl (C=O) groups is 1. The van der Waals surface area contributed by atoms with E-state index in [1.807, 2.05) is 7.05 Å². The maximum atomic E-state index is 12.1. The van der Waals surface area contributed by atoms with Crippen LogP contribution in [0.4, 0.5) is 0 Å². The summed E-state index contributed by atoms with van der Waals surface area (Å²) in [6, 6.07) is 4.33. The van der Waals surface area contributed by atoms with Gasteiger partial charge in [0.15, 0.2) is 0 Å². The molecular weight excluding hydrogens is 316 g/mol. The Labute approximate surface area is 131 Å². The van der Waals surface area contributed by atoms with E-state index >= 15 is 0 Å². The van der Waals surface area contributed by atoms with E-state index in [2.05, 4.69) is 14.8 Å². The SMILES string of the molecule is CNCCCNS(=O)(=O)c1ccc(C(=O)OC)c(C)c1.Cl. The quantitative estimate of drug-likeness (QED) is 0.575. The molecule has 0 aliphatic rings. The molecule has 21 heavy (non-hydrogen) atoms. The van der Waals surface area contributed by atoms with Crippen LogP contribution < -0.4 is 10.0 Å². The van der Waals surface area contributed by atoms with E-state index in [0.29, 0.717) is 24.1 Å². The van der Waals surface area contributed by atoms with Gasteiger partial charge in [-0.2, -0.15) is 0 Å². The first-order valence-corrected chi connectivity index (χ1v) is 7.74. The van der Waals surface area contributed by atoms with Gasteiger partial charge in [0.2, 0.25) is 10.0 Å². The number of hydrogen-bond donors (Lipinski definition) is 2. The van der Waals surface area contributed by atoms with Crippen molar-refractivity contribution < 1.29 is 17.9 Å². The minimum Gasteiger partial charge on any atom is -0.465 e. The van der Waals surface area contributed by atoms with Gasteiger partial charge in [0.1, 0.15) is 0 Å². The monoisotopic (exact) mass is 336 g/mol. The van der Waals surface area contributed by atoms with E-state index < -0.39 is 16.0 Å². The lowest BCUT2D eigenvalue weighted by molar-refractivity contribution is 0.0600. The summed E-state index contributed by atoms with van der Waals surface area (Å²) in [6.07, 6.45) is 0.703. The first kappa shape index (κ1) is 19.9. The highest BCUT2D eigenvalue weighted by Gasteiger charge is 2.16. The second-order valence-electron chi connectivity index (χ2n) is 4.32. The van der Waals surface area contributed by atoms with Crippen molar-refractivity contribution in [1.29, 1.82) is 0 Å². The third-order valence-corrected chi connectivity index (χ3v) is 4.27. The van der Waals surface area contributed by atoms with E-state index in [4.69, 9.17) is 0 Å². The smallest absolute Gasteiger partial charge is 0.338 e. The molecule has 0 saturated carbocycles. The number of esters is 1. The van der Waals surface area contributed by atoms with Gasteiger partial charge >= 0.3 is 5.97 Å². The largest absolute Gasteiger partial charge is 0.465 e. The molecule has 0 radical (unpaired) electrons. The van der Waals surface area contributed by atoms with Crippen molar-refractivity contribution in [3.63, 3.8) is 0 Å². The molecule has 0 amide bonds. The van der Waals surface area contributed by atoms with Crippen molar-refractivity contribution in [2.75, 3.05) is 27.2 Å². The Bertz CT molecular complexity index is 576. The predicted molar refractivity (Wildman–Crippen MR) is 83.5 cm³/mol. The summed E-state index contributed by atoms with van der Waals surface area (Å²) in [6.45, 7) is 2.77. The van der Waals surface area contributed by atoms with Crippen molar-refractivity contribution in [1.82, 2.24) is 10.0 Å². The molecule has 0 aliphatic heterocycles. The van der Waals surface area contributed by atoms with Gasteiger partial charge < -0.3 is 10.1 Å². The highest BCUT2D eigenvalue weighted by atomic mass is 35.5. The Kier molecular flexibility index (Phi) is 8.50. The van der Waals surface area contributed by atoms with Crippen molar-refractivity contribution in [2.24, 2.45) is 0 Å². The number of carbonyl (C=O) groups excluding carboxylic acids is 1. The lowest BCUT2D eigenvalue weighted by Gasteiger charge is -2.09. The maximum absolute atomic E-state index is 12.1. The summed E-state index contributed by atoms with van der Waals surface area (Å²) in [4.78, 5) is 11.6. The molecule has 1 aromatic carbocycles. The minimum absolute atomic E-state index is 0. The highest BCUT2D eigenvalue weighted by molar-refractivity contribution is 7.89. The number of hydrogen-bond acceptors (Lipinski definition) is 5. The minimum atomic E-state index is -3.54. The summed E-state index contributed by atoms with van der Waals surface area (Å²) in [7, 11) is -0.446. The van der Waals surface area contributed by atoms with Gasteiger partial charge in [-0.3, -0.25) is 0 Å². The van der Waals surface area contributed by atoms with Gasteiger partial charge in [-0.15, -0.1) is 12.4 Å². The molecule has 0 fully saturated rings. The fraction of sp³-hybridized carbons (Fsp3) is 0.462. The van der Waals surface area contributed by atoms with Crippen molar-refractivity contribution in [3.05, 3.63) is 29.3 Å². The molecule has 1 rings (SSSR count). The van der Waals surface area contributed by atoms with Crippen LogP contribution in [0.1, 0.15) is 22.3 Å². The van der Waals surface area contributed by atoms with Crippen LogP contribution in [0.3, 0.4) is 0 Å². The van der Waals surface area contributed by atoms with Crippen LogP contribution in [0.2, 0.25) is 0 Å². The van der Waals surface area contributed by atoms with Crippen LogP contribution in [-0.2, 0) is 14.8 Å². The molecule has 1 aromatic rings. The van der Waals surface area contributed by atoms with Gasteiger partial charge in [-0.1, -0.05) is 0 Å². The highest BCUT2D eigenvalue weighted by Crippen LogP contribution is 2.16. The van der Waals surface area contributed by atoms with Crippen LogP contribution >= 0.6 is 12.4 Å². The first-order valence-electron chi connectivity index (χ1n) is 6.25. The van der Waals surface area contributed by atoms with Crippen LogP contribution in [0.5, 0.6) is 0 Å². The summed E-state index contributed by atoms with van der Waals surface area (Å²) in [5, 5.41) is 2.94. The Hall–Kier alpha value is -1.15. The molecular formula is C13H21ClN2O4S. The molecule has 2 N–H and O–H groups in total. The van der Waals surface area contributed by atoms with Crippen LogP contribution in [0.15, 0.2) is 23.1 Å². The average molecular weight is 337 g/mol. The zero-order valence-corrected chi connectivity index (χ0v) is 13.9. The Morgan fingerprint density at radius 3 is 2.48 bits per heavy atom. The number of rotatable bonds is 7. The van der Waals surface area contributed by atoms with E-state index in [0.717, 1.165) is 6.54 Å². The summed E-state index contributed by atoms with van der Waals surface area (Å²) in [5.74, 6) is -0.478. The van der Waals surface area contributed by atoms with Gasteiger partial charge in [0, 0.05) is 6.54 Å². The molecule has 0 saturated heterocycles. The Morgan fingerprint density at radius 2 is 1.95 bits per heavy atom. The number of halogens is 1. The third-order valence-electron chi connectivity index (χ3n) is 2.81. The predicted octanol–water partition coefficient (Wildman–Crippen LogP) is 1.09. The van der Waals surface area contributed by atoms with Crippen molar-refractivity contribution >= 4 is 28.4 Å². The molecule has 0 aliphatic carbocycles. The summed E-state index contributed by atoms with van der Waals surface area (Å²) < 4.78 is 31.2. The van der Waals surface area contributed by atoms with Gasteiger partial charge in [-0.05, 0) is 50.7 Å². The van der Waals surface area contributed by atoms with E-state index in [-0.39, 0.29) is 17.3 Å². The molecule has 8 heteroatoms. The molecule has 0 heterocycles. The van der Waals surface area contributed by atoms with Crippen molar-refractivity contribution in [3.8, 4) is 0 Å². The van der Waals surface area contributed by atoms with E-state index in [1.54, 1.807) is 6.92 Å². The van der Waals surface area contributed by atoms with Gasteiger partial charge in [0.05, 0.1) is 17.6 Å². The van der Waals surface area contributed by atoms with E-state index in [9.17, 15) is 13.2 Å². The standard InChI is InChI=1S/C13H20N2O4S.ClH/c1-10-9-11(5-6-12(10)13(16)19-3)20(17,18)15-8-4-7-14-2;/h5-6,9,14-15H,4,7-8H2,1-3H3;1H. The molecule has 120 valence electrons. The summed E-state index contributed by atoms with van der Waals surface area (Å²) in [5.41, 5.74) is 0.927. The fourth-order valence-corrected chi connectivity index (χ4v) is 2.86. The Morgan fingerprint density at radius 1 is 1.29 bits per heavy atom. The molecule has 0 atom stereocenters. The third kappa shape index (κ3) is 5.62. The molecule has 0 bridgehead atoms. The zero-order chi connectivity index (χ0) is 15.2. The summed E-state index contributed by atoms with van der Waals surface area (Å²) >= 11 is 0. The average Bonchev–Trinajstić information content (AvgIpc) is 2.42. The zero-order valence-electron chi connectivity index (χ0n) is 12.3. The second kappa shape index (κ2) is 8.99. The number of ether oxygens (including phenoxy) is 1. The Balaban J connectivity index is 0.00000400. The lowest BCUT2D eigenvalue weighted by atomic mass is 10.1. The van der Waals surface area contributed by atoms with E-state index in [1.165, 1.54) is 25.3 Å². The maximum Gasteiger partial charge on any atom is 0.338 e. The van der Waals surface area contributed by atoms with Crippen LogP contribution in [0, 0.1) is 6.92 Å². The lowest BCUT2D eigenvalue weighted by Crippen LogP contribution is -2.27. The van der Waals surface area contributed by atoms with Crippen molar-refractivity contribution in [2.45, 2.75) is 18.2 Å². The molecule has 0 unspecified atom stereocenters. The second-order valence-corrected chi connectivity index (χ2v) is 6.09. The fourth-order valence-electron chi connectivity index (χ4n) is 1.70. The number of benzene rings is 1. The normalized spacial score (nSPS) is 10.8. The molecule has 0 aromatic heterocycles. The molecule has 6 nitrogen and oxygen atoms in total. The van der Waals surface area contributed by atoms with Gasteiger partial charge in [-0.25, -0.2) is 17.9 Å². The first-order chi connectivity index (χ1) is 9.42.